The van der Waals surface area contributed by atoms with Crippen molar-refractivity contribution in [2.24, 2.45) is 16.2 Å². The number of rotatable bonds is 12. The van der Waals surface area contributed by atoms with Crippen molar-refractivity contribution in [3.63, 3.8) is 0 Å². The first-order valence-electron chi connectivity index (χ1n) is 13.4. The van der Waals surface area contributed by atoms with Gasteiger partial charge in [-0.25, -0.2) is 14.4 Å². The summed E-state index contributed by atoms with van der Waals surface area (Å²) in [5, 5.41) is 8.13. The molecule has 0 radical (unpaired) electrons. The lowest BCUT2D eigenvalue weighted by molar-refractivity contribution is 0.0654. The van der Waals surface area contributed by atoms with Gasteiger partial charge in [0.15, 0.2) is 0 Å². The summed E-state index contributed by atoms with van der Waals surface area (Å²) < 4.78 is 21.4. The summed E-state index contributed by atoms with van der Waals surface area (Å²) in [7, 11) is 0. The Bertz CT molecular complexity index is 876. The average Bonchev–Trinajstić information content (AvgIpc) is 2.79. The molecule has 1 aromatic carbocycles. The number of hydrogen-bond acceptors (Lipinski definition) is 7. The molecule has 222 valence electrons. The van der Waals surface area contributed by atoms with E-state index in [0.717, 1.165) is 6.42 Å². The molecule has 0 fully saturated rings. The first-order chi connectivity index (χ1) is 17.9. The molecule has 3 amide bonds. The molecule has 0 atom stereocenters. The lowest BCUT2D eigenvalue weighted by Crippen LogP contribution is -2.32. The van der Waals surface area contributed by atoms with E-state index >= 15 is 0 Å². The van der Waals surface area contributed by atoms with Crippen molar-refractivity contribution < 1.29 is 33.3 Å². The monoisotopic (exact) mass is 551 g/mol. The fraction of sp³-hybridized carbons (Fsp3) is 0.690. The number of benzene rings is 1. The molecule has 10 heteroatoms. The smallest absolute Gasteiger partial charge is 0.411 e. The third-order valence-corrected chi connectivity index (χ3v) is 5.02. The molecule has 1 rings (SSSR count). The standard InChI is InChI=1S/C29H49N3O7/c1-27(2,3)10-11-36-12-13-37-26(35)32-23-15-21(17-38-24(33)30-19-28(4,5)6)14-22(16-23)18-39-25(34)31-20-29(7,8)9/h14-16H,10-13,17-20H2,1-9H3,(H,30,33)(H,31,34)(H,32,35). The number of anilines is 1. The molecule has 0 bridgehead atoms. The van der Waals surface area contributed by atoms with Crippen molar-refractivity contribution in [1.29, 1.82) is 0 Å². The zero-order valence-electron chi connectivity index (χ0n) is 25.2. The second-order valence-electron chi connectivity index (χ2n) is 13.2. The number of ether oxygens (including phenoxy) is 4. The van der Waals surface area contributed by atoms with Crippen LogP contribution >= 0.6 is 0 Å². The van der Waals surface area contributed by atoms with Crippen molar-refractivity contribution in [2.45, 2.75) is 81.9 Å². The summed E-state index contributed by atoms with van der Waals surface area (Å²) in [4.78, 5) is 36.6. The SMILES string of the molecule is CC(C)(C)CCOCCOC(=O)Nc1cc(COC(=O)NCC(C)(C)C)cc(COC(=O)NCC(C)(C)C)c1. The van der Waals surface area contributed by atoms with Crippen molar-refractivity contribution in [2.75, 3.05) is 38.2 Å². The highest BCUT2D eigenvalue weighted by molar-refractivity contribution is 5.84. The van der Waals surface area contributed by atoms with Crippen LogP contribution in [0.4, 0.5) is 20.1 Å². The molecule has 0 aromatic heterocycles. The number of nitrogens with one attached hydrogen (secondary N) is 3. The molecular formula is C29H49N3O7. The van der Waals surface area contributed by atoms with Gasteiger partial charge >= 0.3 is 18.3 Å². The minimum atomic E-state index is -0.648. The largest absolute Gasteiger partial charge is 0.447 e. The van der Waals surface area contributed by atoms with Crippen LogP contribution in [-0.2, 0) is 32.2 Å². The average molecular weight is 552 g/mol. The fourth-order valence-corrected chi connectivity index (χ4v) is 2.90. The summed E-state index contributed by atoms with van der Waals surface area (Å²) in [6.45, 7) is 20.3. The Labute approximate surface area is 233 Å². The fourth-order valence-electron chi connectivity index (χ4n) is 2.90. The van der Waals surface area contributed by atoms with Crippen molar-refractivity contribution in [1.82, 2.24) is 10.6 Å². The van der Waals surface area contributed by atoms with Gasteiger partial charge in [0.25, 0.3) is 0 Å². The highest BCUT2D eigenvalue weighted by Gasteiger charge is 2.15. The van der Waals surface area contributed by atoms with E-state index in [1.54, 1.807) is 18.2 Å². The summed E-state index contributed by atoms with van der Waals surface area (Å²) in [5.74, 6) is 0. The summed E-state index contributed by atoms with van der Waals surface area (Å²) >= 11 is 0. The van der Waals surface area contributed by atoms with Crippen LogP contribution in [0, 0.1) is 16.2 Å². The first kappa shape index (κ1) is 34.0. The van der Waals surface area contributed by atoms with Gasteiger partial charge < -0.3 is 29.6 Å². The molecule has 0 aliphatic rings. The molecule has 39 heavy (non-hydrogen) atoms. The Morgan fingerprint density at radius 2 is 1.10 bits per heavy atom. The molecule has 0 saturated carbocycles. The third kappa shape index (κ3) is 18.8. The van der Waals surface area contributed by atoms with Gasteiger partial charge in [-0.05, 0) is 52.0 Å². The minimum Gasteiger partial charge on any atom is -0.447 e. The van der Waals surface area contributed by atoms with Crippen LogP contribution in [0.5, 0.6) is 0 Å². The third-order valence-electron chi connectivity index (χ3n) is 5.02. The Morgan fingerprint density at radius 1 is 0.615 bits per heavy atom. The molecule has 1 aromatic rings. The van der Waals surface area contributed by atoms with Gasteiger partial charge in [0.05, 0.1) is 6.61 Å². The van der Waals surface area contributed by atoms with E-state index in [0.29, 0.717) is 43.1 Å². The number of hydrogen-bond donors (Lipinski definition) is 3. The van der Waals surface area contributed by atoms with Gasteiger partial charge in [-0.3, -0.25) is 5.32 Å². The van der Waals surface area contributed by atoms with E-state index in [1.165, 1.54) is 0 Å². The topological polar surface area (TPSA) is 124 Å². The molecule has 0 unspecified atom stereocenters. The van der Waals surface area contributed by atoms with Crippen LogP contribution in [-0.4, -0.2) is 51.2 Å². The van der Waals surface area contributed by atoms with Crippen LogP contribution in [0.25, 0.3) is 0 Å². The van der Waals surface area contributed by atoms with E-state index in [9.17, 15) is 14.4 Å². The van der Waals surface area contributed by atoms with Crippen molar-refractivity contribution >= 4 is 24.0 Å². The van der Waals surface area contributed by atoms with E-state index in [4.69, 9.17) is 18.9 Å². The van der Waals surface area contributed by atoms with Crippen molar-refractivity contribution in [3.05, 3.63) is 29.3 Å². The second-order valence-corrected chi connectivity index (χ2v) is 13.2. The highest BCUT2D eigenvalue weighted by atomic mass is 16.6. The lowest BCUT2D eigenvalue weighted by atomic mass is 9.93. The number of amides is 3. The Kier molecular flexibility index (Phi) is 13.6. The van der Waals surface area contributed by atoms with Crippen LogP contribution in [0.15, 0.2) is 18.2 Å². The lowest BCUT2D eigenvalue weighted by Gasteiger charge is -2.19. The van der Waals surface area contributed by atoms with Gasteiger partial charge in [-0.1, -0.05) is 62.3 Å². The summed E-state index contributed by atoms with van der Waals surface area (Å²) in [6.07, 6.45) is -0.839. The predicted octanol–water partition coefficient (Wildman–Crippen LogP) is 6.23. The van der Waals surface area contributed by atoms with Crippen LogP contribution in [0.2, 0.25) is 0 Å². The van der Waals surface area contributed by atoms with Crippen LogP contribution in [0.1, 0.15) is 79.9 Å². The molecule has 0 aliphatic heterocycles. The molecule has 3 N–H and O–H groups in total. The first-order valence-corrected chi connectivity index (χ1v) is 13.4. The maximum absolute atomic E-state index is 12.3. The molecule has 0 heterocycles. The number of carbonyl (C=O) groups excluding carboxylic acids is 3. The maximum atomic E-state index is 12.3. The zero-order valence-corrected chi connectivity index (χ0v) is 25.2. The normalized spacial score (nSPS) is 11.9. The Balaban J connectivity index is 2.75. The molecule has 0 saturated heterocycles. The maximum Gasteiger partial charge on any atom is 0.411 e. The van der Waals surface area contributed by atoms with E-state index in [-0.39, 0.29) is 36.1 Å². The van der Waals surface area contributed by atoms with E-state index < -0.39 is 18.3 Å². The number of carbonyl (C=O) groups is 3. The minimum absolute atomic E-state index is 0.0363. The highest BCUT2D eigenvalue weighted by Crippen LogP contribution is 2.19. The van der Waals surface area contributed by atoms with E-state index in [2.05, 4.69) is 36.7 Å². The predicted molar refractivity (Wildman–Crippen MR) is 152 cm³/mol. The van der Waals surface area contributed by atoms with Gasteiger partial charge in [-0.15, -0.1) is 0 Å². The van der Waals surface area contributed by atoms with Gasteiger partial charge in [0.2, 0.25) is 0 Å². The van der Waals surface area contributed by atoms with Gasteiger partial charge in [0.1, 0.15) is 19.8 Å². The van der Waals surface area contributed by atoms with Crippen LogP contribution < -0.4 is 16.0 Å². The Hall–Kier alpha value is -3.01. The summed E-state index contributed by atoms with van der Waals surface area (Å²) in [6, 6.07) is 5.08. The van der Waals surface area contributed by atoms with E-state index in [1.807, 2.05) is 41.5 Å². The molecule has 10 nitrogen and oxygen atoms in total. The summed E-state index contributed by atoms with van der Waals surface area (Å²) in [5.41, 5.74) is 1.64. The molecule has 0 aliphatic carbocycles. The molecular weight excluding hydrogens is 502 g/mol. The van der Waals surface area contributed by atoms with Crippen LogP contribution in [0.3, 0.4) is 0 Å². The Morgan fingerprint density at radius 3 is 1.54 bits per heavy atom. The van der Waals surface area contributed by atoms with Crippen molar-refractivity contribution in [3.8, 4) is 0 Å². The second kappa shape index (κ2) is 15.5. The number of alkyl carbamates (subject to hydrolysis) is 2. The van der Waals surface area contributed by atoms with Gasteiger partial charge in [-0.2, -0.15) is 0 Å². The van der Waals surface area contributed by atoms with Gasteiger partial charge in [0, 0.05) is 25.4 Å². The quantitative estimate of drug-likeness (QED) is 0.208. The molecule has 0 spiro atoms. The zero-order chi connectivity index (χ0) is 29.7.